The van der Waals surface area contributed by atoms with Crippen molar-refractivity contribution in [1.29, 1.82) is 0 Å². The lowest BCUT2D eigenvalue weighted by Crippen LogP contribution is -2.49. The van der Waals surface area contributed by atoms with Crippen molar-refractivity contribution >= 4 is 54.1 Å². The number of amides is 1. The zero-order valence-electron chi connectivity index (χ0n) is 18.9. The number of fused-ring (bicyclic) bond motifs is 3. The van der Waals surface area contributed by atoms with Crippen molar-refractivity contribution in [2.75, 3.05) is 37.7 Å². The molecule has 1 aliphatic heterocycles. The van der Waals surface area contributed by atoms with Crippen molar-refractivity contribution < 1.29 is 17.9 Å². The molecule has 0 spiro atoms. The van der Waals surface area contributed by atoms with E-state index in [1.807, 2.05) is 42.5 Å². The van der Waals surface area contributed by atoms with Crippen molar-refractivity contribution in [2.45, 2.75) is 11.7 Å². The maximum absolute atomic E-state index is 12.9. The van der Waals surface area contributed by atoms with Gasteiger partial charge in [-0.25, -0.2) is 13.2 Å². The highest BCUT2D eigenvalue weighted by atomic mass is 127. The zero-order chi connectivity index (χ0) is 24.6. The number of ether oxygens (including phenoxy) is 1. The van der Waals surface area contributed by atoms with E-state index in [1.54, 1.807) is 4.90 Å². The third-order valence-corrected chi connectivity index (χ3v) is 8.15. The molecule has 1 heterocycles. The Morgan fingerprint density at radius 1 is 0.943 bits per heavy atom. The molecule has 35 heavy (non-hydrogen) atoms. The van der Waals surface area contributed by atoms with Crippen LogP contribution in [0.5, 0.6) is 0 Å². The van der Waals surface area contributed by atoms with E-state index in [0.717, 1.165) is 9.26 Å². The molecule has 1 fully saturated rings. The highest BCUT2D eigenvalue weighted by Crippen LogP contribution is 2.44. The molecule has 0 saturated carbocycles. The summed E-state index contributed by atoms with van der Waals surface area (Å²) >= 11 is 2.17. The number of halogens is 2. The minimum atomic E-state index is -3.63. The molecule has 1 aliphatic carbocycles. The number of piperazine rings is 1. The molecule has 3 aromatic rings. The Kier molecular flexibility index (Phi) is 6.96. The molecule has 9 heteroatoms. The second-order valence-corrected chi connectivity index (χ2v) is 12.8. The number of anilines is 1. The van der Waals surface area contributed by atoms with Crippen molar-refractivity contribution in [3.8, 4) is 11.1 Å². The van der Waals surface area contributed by atoms with Crippen LogP contribution >= 0.6 is 33.3 Å². The number of nitrogens with zero attached hydrogens (tertiary/aromatic N) is 2. The Hall–Kier alpha value is -2.30. The topological polar surface area (TPSA) is 66.9 Å². The van der Waals surface area contributed by atoms with Crippen LogP contribution < -0.4 is 4.90 Å². The van der Waals surface area contributed by atoms with Gasteiger partial charge in [-0.15, -0.1) is 0 Å². The van der Waals surface area contributed by atoms with Crippen molar-refractivity contribution in [3.63, 3.8) is 0 Å². The molecule has 0 aromatic heterocycles. The monoisotopic (exact) mass is 622 g/mol. The van der Waals surface area contributed by atoms with Crippen molar-refractivity contribution in [2.24, 2.45) is 0 Å². The van der Waals surface area contributed by atoms with E-state index in [-0.39, 0.29) is 17.8 Å². The molecule has 2 aliphatic rings. The molecule has 5 rings (SSSR count). The lowest BCUT2D eigenvalue weighted by molar-refractivity contribution is 0.0977. The Morgan fingerprint density at radius 3 is 2.14 bits per heavy atom. The third-order valence-electron chi connectivity index (χ3n) is 6.52. The first-order chi connectivity index (χ1) is 16.8. The Labute approximate surface area is 223 Å². The van der Waals surface area contributed by atoms with Crippen LogP contribution in [0.2, 0.25) is 0 Å². The van der Waals surface area contributed by atoms with Crippen LogP contribution in [0.3, 0.4) is 0 Å². The van der Waals surface area contributed by atoms with Crippen LogP contribution in [0.25, 0.3) is 11.1 Å². The Morgan fingerprint density at radius 2 is 1.54 bits per heavy atom. The van der Waals surface area contributed by atoms with Crippen molar-refractivity contribution in [3.05, 3.63) is 87.0 Å². The van der Waals surface area contributed by atoms with Gasteiger partial charge in [0.25, 0.3) is 0 Å². The second-order valence-electron chi connectivity index (χ2n) is 8.78. The Balaban J connectivity index is 1.21. The molecule has 182 valence electrons. The van der Waals surface area contributed by atoms with Gasteiger partial charge in [-0.05, 0) is 68.6 Å². The number of carbonyl (C=O) groups excluding carboxylic acids is 1. The van der Waals surface area contributed by atoms with Gasteiger partial charge in [0.05, 0.1) is 5.75 Å². The van der Waals surface area contributed by atoms with E-state index in [4.69, 9.17) is 15.4 Å². The van der Waals surface area contributed by atoms with Crippen LogP contribution in [0.4, 0.5) is 10.5 Å². The normalized spacial score (nSPS) is 15.6. The first kappa shape index (κ1) is 24.4. The summed E-state index contributed by atoms with van der Waals surface area (Å²) in [6, 6.07) is 22.3. The van der Waals surface area contributed by atoms with Gasteiger partial charge in [0.15, 0.2) is 0 Å². The van der Waals surface area contributed by atoms with Gasteiger partial charge in [-0.2, -0.15) is 0 Å². The highest BCUT2D eigenvalue weighted by molar-refractivity contribution is 14.1. The minimum Gasteiger partial charge on any atom is -0.448 e. The summed E-state index contributed by atoms with van der Waals surface area (Å²) in [4.78, 5) is 16.8. The first-order valence-corrected chi connectivity index (χ1v) is 14.9. The van der Waals surface area contributed by atoms with E-state index >= 15 is 0 Å². The number of hydrogen-bond donors (Lipinski definition) is 0. The molecular weight excluding hydrogens is 599 g/mol. The fraction of sp³-hybridized carbons (Fsp3) is 0.269. The molecule has 3 aromatic carbocycles. The van der Waals surface area contributed by atoms with Gasteiger partial charge in [-0.1, -0.05) is 48.5 Å². The lowest BCUT2D eigenvalue weighted by Gasteiger charge is -2.36. The number of hydrogen-bond acceptors (Lipinski definition) is 5. The largest absolute Gasteiger partial charge is 0.448 e. The van der Waals surface area contributed by atoms with Gasteiger partial charge in [0.2, 0.25) is 9.05 Å². The number of benzene rings is 3. The van der Waals surface area contributed by atoms with E-state index in [0.29, 0.717) is 38.3 Å². The smallest absolute Gasteiger partial charge is 0.409 e. The fourth-order valence-electron chi connectivity index (χ4n) is 4.93. The molecule has 0 atom stereocenters. The molecule has 0 unspecified atom stereocenters. The number of rotatable bonds is 5. The maximum Gasteiger partial charge on any atom is 0.409 e. The van der Waals surface area contributed by atoms with E-state index in [2.05, 4.69) is 51.8 Å². The van der Waals surface area contributed by atoms with Crippen LogP contribution in [0.1, 0.15) is 22.6 Å². The van der Waals surface area contributed by atoms with Crippen LogP contribution in [-0.2, 0) is 19.5 Å². The summed E-state index contributed by atoms with van der Waals surface area (Å²) < 4.78 is 29.7. The van der Waals surface area contributed by atoms with Crippen LogP contribution in [-0.4, -0.2) is 52.2 Å². The van der Waals surface area contributed by atoms with Gasteiger partial charge >= 0.3 is 6.09 Å². The van der Waals surface area contributed by atoms with Crippen LogP contribution in [0.15, 0.2) is 66.7 Å². The lowest BCUT2D eigenvalue weighted by atomic mass is 9.98. The van der Waals surface area contributed by atoms with Crippen LogP contribution in [0, 0.1) is 3.57 Å². The van der Waals surface area contributed by atoms with Crippen molar-refractivity contribution in [1.82, 2.24) is 4.90 Å². The van der Waals surface area contributed by atoms with Gasteiger partial charge in [-0.3, -0.25) is 0 Å². The second kappa shape index (κ2) is 9.99. The number of carbonyl (C=O) groups is 1. The molecule has 0 bridgehead atoms. The van der Waals surface area contributed by atoms with Gasteiger partial charge in [0, 0.05) is 52.0 Å². The van der Waals surface area contributed by atoms with Gasteiger partial charge < -0.3 is 14.5 Å². The quantitative estimate of drug-likeness (QED) is 0.281. The first-order valence-electron chi connectivity index (χ1n) is 11.4. The SMILES string of the molecule is O=C(OCC1c2ccccc2-c2ccccc21)N1CCN(c2cc(I)cc(CS(=O)(=O)Cl)c2)CC1. The fourth-order valence-corrected chi connectivity index (χ4v) is 6.59. The summed E-state index contributed by atoms with van der Waals surface area (Å²) in [6.07, 6.45) is -0.303. The van der Waals surface area contributed by atoms with E-state index in [9.17, 15) is 13.2 Å². The predicted octanol–water partition coefficient (Wildman–Crippen LogP) is 5.43. The highest BCUT2D eigenvalue weighted by Gasteiger charge is 2.30. The summed E-state index contributed by atoms with van der Waals surface area (Å²) in [6.45, 7) is 2.64. The molecule has 0 N–H and O–H groups in total. The average Bonchev–Trinajstić information content (AvgIpc) is 3.15. The minimum absolute atomic E-state index is 0.0377. The molecule has 1 saturated heterocycles. The Bertz CT molecular complexity index is 1330. The summed E-state index contributed by atoms with van der Waals surface area (Å²) in [5, 5.41) is 0. The summed E-state index contributed by atoms with van der Waals surface area (Å²) in [5.41, 5.74) is 6.38. The average molecular weight is 623 g/mol. The predicted molar refractivity (Wildman–Crippen MR) is 146 cm³/mol. The third kappa shape index (κ3) is 5.44. The summed E-state index contributed by atoms with van der Waals surface area (Å²) in [5.74, 6) is -0.173. The molecule has 0 radical (unpaired) electrons. The molecule has 6 nitrogen and oxygen atoms in total. The van der Waals surface area contributed by atoms with Gasteiger partial charge in [0.1, 0.15) is 6.61 Å². The standard InChI is InChI=1S/C26H24ClIN2O4S/c27-35(32,33)17-18-13-19(28)15-20(14-18)29-9-11-30(12-10-29)26(31)34-16-25-23-7-3-1-5-21(23)22-6-2-4-8-24(22)25/h1-8,13-15,25H,9-12,16-17H2. The maximum atomic E-state index is 12.9. The summed E-state index contributed by atoms with van der Waals surface area (Å²) in [7, 11) is 1.81. The van der Waals surface area contributed by atoms with E-state index < -0.39 is 9.05 Å². The van der Waals surface area contributed by atoms with E-state index in [1.165, 1.54) is 22.3 Å². The zero-order valence-corrected chi connectivity index (χ0v) is 22.6. The molecule has 1 amide bonds. The molecular formula is C26H24ClIN2O4S.